The molecule has 0 heterocycles. The predicted molar refractivity (Wildman–Crippen MR) is 75.7 cm³/mol. The summed E-state index contributed by atoms with van der Waals surface area (Å²) < 4.78 is 0. The number of aryl methyl sites for hydroxylation is 2. The van der Waals surface area contributed by atoms with E-state index in [9.17, 15) is 0 Å². The van der Waals surface area contributed by atoms with Gasteiger partial charge in [0, 0.05) is 0 Å². The van der Waals surface area contributed by atoms with Crippen molar-refractivity contribution < 1.29 is 0 Å². The van der Waals surface area contributed by atoms with Crippen molar-refractivity contribution in [3.05, 3.63) is 47.0 Å². The van der Waals surface area contributed by atoms with Crippen LogP contribution in [-0.2, 0) is 6.42 Å². The average Bonchev–Trinajstić information content (AvgIpc) is 2.46. The van der Waals surface area contributed by atoms with Gasteiger partial charge in [-0.25, -0.2) is 0 Å². The van der Waals surface area contributed by atoms with Crippen LogP contribution in [0.1, 0.15) is 37.5 Å². The highest BCUT2D eigenvalue weighted by Gasteiger charge is 2.13. The minimum absolute atomic E-state index is 0.342. The zero-order valence-electron chi connectivity index (χ0n) is 11.6. The lowest BCUT2D eigenvalue weighted by molar-refractivity contribution is 0.411. The third kappa shape index (κ3) is 2.69. The third-order valence-electron chi connectivity index (χ3n) is 3.25. The highest BCUT2D eigenvalue weighted by atomic mass is 14.2. The fraction of sp³-hybridized carbons (Fsp3) is 0.412. The summed E-state index contributed by atoms with van der Waals surface area (Å²) in [6.07, 6.45) is 1.13. The fourth-order valence-electron chi connectivity index (χ4n) is 2.41. The maximum atomic E-state index is 2.36. The molecule has 0 saturated carbocycles. The van der Waals surface area contributed by atoms with Crippen LogP contribution in [0.25, 0.3) is 11.1 Å². The van der Waals surface area contributed by atoms with Crippen molar-refractivity contribution in [2.45, 2.75) is 41.0 Å². The summed E-state index contributed by atoms with van der Waals surface area (Å²) in [6, 6.07) is 11.4. The molecule has 0 saturated heterocycles. The van der Waals surface area contributed by atoms with Crippen LogP contribution in [0.2, 0.25) is 0 Å². The SMILES string of the molecule is Cc1ccc(CC(C)(C)C)cc2c(C)ccc1-2. The second-order valence-electron chi connectivity index (χ2n) is 6.32. The Kier molecular flexibility index (Phi) is 2.99. The van der Waals surface area contributed by atoms with Gasteiger partial charge in [0.2, 0.25) is 0 Å². The van der Waals surface area contributed by atoms with Gasteiger partial charge in [-0.2, -0.15) is 0 Å². The zero-order chi connectivity index (χ0) is 12.6. The minimum atomic E-state index is 0.342. The lowest BCUT2D eigenvalue weighted by atomic mass is 9.88. The van der Waals surface area contributed by atoms with Crippen LogP contribution in [0.4, 0.5) is 0 Å². The van der Waals surface area contributed by atoms with Gasteiger partial charge in [0.15, 0.2) is 0 Å². The molecule has 0 heteroatoms. The second kappa shape index (κ2) is 4.18. The quantitative estimate of drug-likeness (QED) is 0.642. The van der Waals surface area contributed by atoms with Crippen molar-refractivity contribution in [3.63, 3.8) is 0 Å². The van der Waals surface area contributed by atoms with E-state index in [-0.39, 0.29) is 0 Å². The molecule has 0 aromatic carbocycles. The van der Waals surface area contributed by atoms with Crippen molar-refractivity contribution in [3.8, 4) is 11.1 Å². The summed E-state index contributed by atoms with van der Waals surface area (Å²) in [6.45, 7) is 11.3. The van der Waals surface area contributed by atoms with Crippen molar-refractivity contribution in [2.24, 2.45) is 5.41 Å². The summed E-state index contributed by atoms with van der Waals surface area (Å²) in [7, 11) is 0. The molecule has 90 valence electrons. The van der Waals surface area contributed by atoms with Gasteiger partial charge in [-0.05, 0) is 53.5 Å². The molecule has 0 nitrogen and oxygen atoms in total. The van der Waals surface area contributed by atoms with E-state index in [1.165, 1.54) is 27.8 Å². The third-order valence-corrected chi connectivity index (χ3v) is 3.25. The van der Waals surface area contributed by atoms with Crippen LogP contribution in [0.15, 0.2) is 30.3 Å². The van der Waals surface area contributed by atoms with Gasteiger partial charge in [0.1, 0.15) is 0 Å². The van der Waals surface area contributed by atoms with Gasteiger partial charge in [-0.3, -0.25) is 0 Å². The van der Waals surface area contributed by atoms with E-state index in [4.69, 9.17) is 0 Å². The molecule has 0 aliphatic heterocycles. The van der Waals surface area contributed by atoms with E-state index >= 15 is 0 Å². The van der Waals surface area contributed by atoms with E-state index in [0.29, 0.717) is 5.41 Å². The molecule has 0 spiro atoms. The summed E-state index contributed by atoms with van der Waals surface area (Å²) in [4.78, 5) is 0. The molecule has 0 bridgehead atoms. The maximum absolute atomic E-state index is 2.36. The first-order chi connectivity index (χ1) is 7.87. The van der Waals surface area contributed by atoms with Crippen molar-refractivity contribution in [2.75, 3.05) is 0 Å². The van der Waals surface area contributed by atoms with Gasteiger partial charge in [-0.1, -0.05) is 51.1 Å². The van der Waals surface area contributed by atoms with Crippen LogP contribution in [0.3, 0.4) is 0 Å². The smallest absolute Gasteiger partial charge is 0.0149 e. The van der Waals surface area contributed by atoms with Gasteiger partial charge >= 0.3 is 0 Å². The molecule has 0 aromatic heterocycles. The Labute approximate surface area is 105 Å². The first-order valence-corrected chi connectivity index (χ1v) is 6.36. The van der Waals surface area contributed by atoms with Crippen LogP contribution in [0, 0.1) is 19.3 Å². The Balaban J connectivity index is 2.53. The number of rotatable bonds is 1. The van der Waals surface area contributed by atoms with Crippen molar-refractivity contribution >= 4 is 0 Å². The second-order valence-corrected chi connectivity index (χ2v) is 6.32. The van der Waals surface area contributed by atoms with E-state index in [2.05, 4.69) is 65.0 Å². The molecule has 0 amide bonds. The molecule has 17 heavy (non-hydrogen) atoms. The van der Waals surface area contributed by atoms with E-state index < -0.39 is 0 Å². The Morgan fingerprint density at radius 1 is 0.824 bits per heavy atom. The van der Waals surface area contributed by atoms with Crippen LogP contribution >= 0.6 is 0 Å². The molecular formula is C17H22. The number of fused-ring (bicyclic) bond motifs is 1. The van der Waals surface area contributed by atoms with Crippen molar-refractivity contribution in [1.82, 2.24) is 0 Å². The maximum Gasteiger partial charge on any atom is -0.0149 e. The van der Waals surface area contributed by atoms with Gasteiger partial charge in [0.25, 0.3) is 0 Å². The standard InChI is InChI=1S/C17H22/c1-12-6-8-14(11-17(3,4)5)10-16-13(2)7-9-15(12)16/h6-10H,11H2,1-5H3. The highest BCUT2D eigenvalue weighted by Crippen LogP contribution is 2.31. The first kappa shape index (κ1) is 12.2. The molecule has 0 aromatic rings. The average molecular weight is 226 g/mol. The van der Waals surface area contributed by atoms with E-state index in [0.717, 1.165) is 6.42 Å². The zero-order valence-corrected chi connectivity index (χ0v) is 11.6. The van der Waals surface area contributed by atoms with Crippen molar-refractivity contribution in [1.29, 1.82) is 0 Å². The molecule has 0 unspecified atom stereocenters. The normalized spacial score (nSPS) is 12.1. The van der Waals surface area contributed by atoms with E-state index in [1.54, 1.807) is 0 Å². The largest absolute Gasteiger partial charge is 0.0599 e. The molecule has 0 radical (unpaired) electrons. The lowest BCUT2D eigenvalue weighted by Gasteiger charge is -2.17. The summed E-state index contributed by atoms with van der Waals surface area (Å²) in [5, 5.41) is 0. The van der Waals surface area contributed by atoms with Gasteiger partial charge in [0.05, 0.1) is 0 Å². The molecule has 2 rings (SSSR count). The first-order valence-electron chi connectivity index (χ1n) is 6.36. The summed E-state index contributed by atoms with van der Waals surface area (Å²) >= 11 is 0. The lowest BCUT2D eigenvalue weighted by Crippen LogP contribution is -2.08. The predicted octanol–water partition coefficient (Wildman–Crippen LogP) is 5.00. The summed E-state index contributed by atoms with van der Waals surface area (Å²) in [5.74, 6) is 0. The fourth-order valence-corrected chi connectivity index (χ4v) is 2.41. The topological polar surface area (TPSA) is 0 Å². The van der Waals surface area contributed by atoms with Gasteiger partial charge < -0.3 is 0 Å². The monoisotopic (exact) mass is 226 g/mol. The Morgan fingerprint density at radius 2 is 1.41 bits per heavy atom. The molecule has 0 N–H and O–H groups in total. The van der Waals surface area contributed by atoms with Crippen LogP contribution in [-0.4, -0.2) is 0 Å². The van der Waals surface area contributed by atoms with Crippen LogP contribution < -0.4 is 0 Å². The number of hydrogen-bond donors (Lipinski definition) is 0. The Morgan fingerprint density at radius 3 is 2.06 bits per heavy atom. The minimum Gasteiger partial charge on any atom is -0.0599 e. The highest BCUT2D eigenvalue weighted by molar-refractivity contribution is 5.73. The molecule has 0 atom stereocenters. The van der Waals surface area contributed by atoms with Gasteiger partial charge in [-0.15, -0.1) is 0 Å². The molecule has 2 aliphatic rings. The van der Waals surface area contributed by atoms with Crippen LogP contribution in [0.5, 0.6) is 0 Å². The van der Waals surface area contributed by atoms with E-state index in [1.807, 2.05) is 0 Å². The molecule has 2 aliphatic carbocycles. The number of hydrogen-bond acceptors (Lipinski definition) is 0. The Bertz CT molecular complexity index is 500. The Hall–Kier alpha value is -1.30. The molecular weight excluding hydrogens is 204 g/mol. The summed E-state index contributed by atoms with van der Waals surface area (Å²) in [5.41, 5.74) is 7.33. The molecule has 0 fully saturated rings.